The molecule has 3 aromatic carbocycles. The summed E-state index contributed by atoms with van der Waals surface area (Å²) >= 11 is 0. The number of aliphatic hydroxyl groups excluding tert-OH is 1. The summed E-state index contributed by atoms with van der Waals surface area (Å²) < 4.78 is 0. The third kappa shape index (κ3) is 6.60. The lowest BCUT2D eigenvalue weighted by Crippen LogP contribution is -1.98. The van der Waals surface area contributed by atoms with Gasteiger partial charge in [-0.15, -0.1) is 0 Å². The van der Waals surface area contributed by atoms with Gasteiger partial charge in [0.15, 0.2) is 0 Å². The van der Waals surface area contributed by atoms with Crippen molar-refractivity contribution in [3.63, 3.8) is 0 Å². The minimum Gasteiger partial charge on any atom is -0.508 e. The first-order chi connectivity index (χ1) is 16.0. The van der Waals surface area contributed by atoms with Crippen molar-refractivity contribution >= 4 is 17.8 Å². The molecule has 168 valence electrons. The molecule has 3 aromatic rings. The van der Waals surface area contributed by atoms with Gasteiger partial charge >= 0.3 is 0 Å². The van der Waals surface area contributed by atoms with Gasteiger partial charge in [-0.2, -0.15) is 0 Å². The maximum absolute atomic E-state index is 10.0. The second-order valence-electron chi connectivity index (χ2n) is 8.34. The Morgan fingerprint density at radius 3 is 2.24 bits per heavy atom. The standard InChI is InChI=1S/C22H21NO.C9H12/c1-2-22(23)21-10-6-4-8-17(21)11-12-18-15-19(24)14-13-16-7-3-5-9-20(16)18;1-8(2)9-6-4-3-5-7-9/h2-15,18,24H,23H2,1H3;3-8H,1-2H3/b12-11+,22-2?;. The molecule has 2 nitrogen and oxygen atoms in total. The minimum absolute atomic E-state index is 0.0103. The van der Waals surface area contributed by atoms with E-state index >= 15 is 0 Å². The Balaban J connectivity index is 0.000000286. The third-order valence-corrected chi connectivity index (χ3v) is 5.67. The zero-order chi connectivity index (χ0) is 23.6. The Bertz CT molecular complexity index is 1170. The number of benzene rings is 3. The molecule has 0 radical (unpaired) electrons. The second-order valence-corrected chi connectivity index (χ2v) is 8.34. The van der Waals surface area contributed by atoms with Crippen molar-refractivity contribution in [2.24, 2.45) is 5.73 Å². The van der Waals surface area contributed by atoms with Gasteiger partial charge in [-0.1, -0.05) is 117 Å². The average Bonchev–Trinajstić information content (AvgIpc) is 3.02. The van der Waals surface area contributed by atoms with Crippen LogP contribution in [0.1, 0.15) is 60.4 Å². The van der Waals surface area contributed by atoms with Gasteiger partial charge in [-0.25, -0.2) is 0 Å². The molecule has 0 spiro atoms. The maximum Gasteiger partial charge on any atom is 0.112 e. The van der Waals surface area contributed by atoms with E-state index in [1.165, 1.54) is 11.1 Å². The van der Waals surface area contributed by atoms with Gasteiger partial charge in [0.1, 0.15) is 5.76 Å². The van der Waals surface area contributed by atoms with E-state index in [0.29, 0.717) is 5.92 Å². The lowest BCUT2D eigenvalue weighted by Gasteiger charge is -2.12. The van der Waals surface area contributed by atoms with Gasteiger partial charge in [0.05, 0.1) is 0 Å². The largest absolute Gasteiger partial charge is 0.508 e. The van der Waals surface area contributed by atoms with Crippen molar-refractivity contribution in [3.8, 4) is 0 Å². The van der Waals surface area contributed by atoms with Gasteiger partial charge in [0.2, 0.25) is 0 Å². The number of hydrogen-bond acceptors (Lipinski definition) is 2. The zero-order valence-electron chi connectivity index (χ0n) is 19.6. The van der Waals surface area contributed by atoms with E-state index in [-0.39, 0.29) is 11.7 Å². The van der Waals surface area contributed by atoms with Crippen LogP contribution in [0.15, 0.2) is 109 Å². The molecule has 0 amide bonds. The molecule has 0 saturated carbocycles. The van der Waals surface area contributed by atoms with Crippen LogP contribution in [0, 0.1) is 0 Å². The van der Waals surface area contributed by atoms with E-state index < -0.39 is 0 Å². The number of aliphatic hydroxyl groups is 1. The predicted molar refractivity (Wildman–Crippen MR) is 143 cm³/mol. The summed E-state index contributed by atoms with van der Waals surface area (Å²) in [4.78, 5) is 0. The molecule has 1 atom stereocenters. The Morgan fingerprint density at radius 1 is 0.879 bits per heavy atom. The zero-order valence-corrected chi connectivity index (χ0v) is 19.6. The molecule has 3 N–H and O–H groups in total. The average molecular weight is 436 g/mol. The molecule has 0 aliphatic heterocycles. The normalized spacial score (nSPS) is 15.5. The number of rotatable bonds is 4. The van der Waals surface area contributed by atoms with E-state index in [1.807, 2.05) is 67.6 Å². The quantitative estimate of drug-likeness (QED) is 0.435. The molecule has 1 aliphatic carbocycles. The molecule has 0 aromatic heterocycles. The Morgan fingerprint density at radius 2 is 1.55 bits per heavy atom. The highest BCUT2D eigenvalue weighted by Crippen LogP contribution is 2.29. The Hall–Kier alpha value is -3.78. The van der Waals surface area contributed by atoms with Crippen LogP contribution in [0.3, 0.4) is 0 Å². The molecular formula is C31H33NO. The van der Waals surface area contributed by atoms with Crippen LogP contribution in [0.2, 0.25) is 0 Å². The third-order valence-electron chi connectivity index (χ3n) is 5.67. The van der Waals surface area contributed by atoms with Crippen molar-refractivity contribution in [2.45, 2.75) is 32.6 Å². The summed E-state index contributed by atoms with van der Waals surface area (Å²) in [6.07, 6.45) is 11.6. The summed E-state index contributed by atoms with van der Waals surface area (Å²) in [5.74, 6) is 0.949. The van der Waals surface area contributed by atoms with Crippen LogP contribution >= 0.6 is 0 Å². The second kappa shape index (κ2) is 11.7. The topological polar surface area (TPSA) is 46.2 Å². The monoisotopic (exact) mass is 435 g/mol. The number of allylic oxidation sites excluding steroid dienone is 4. The van der Waals surface area contributed by atoms with Crippen LogP contribution in [-0.4, -0.2) is 5.11 Å². The maximum atomic E-state index is 10.0. The van der Waals surface area contributed by atoms with E-state index in [0.717, 1.165) is 22.4 Å². The van der Waals surface area contributed by atoms with Crippen molar-refractivity contribution < 1.29 is 5.11 Å². The summed E-state index contributed by atoms with van der Waals surface area (Å²) in [5, 5.41) is 10.0. The molecule has 4 rings (SSSR count). The van der Waals surface area contributed by atoms with Crippen molar-refractivity contribution in [1.82, 2.24) is 0 Å². The Kier molecular flexibility index (Phi) is 8.49. The number of hydrogen-bond donors (Lipinski definition) is 2. The Labute approximate surface area is 198 Å². The summed E-state index contributed by atoms with van der Waals surface area (Å²) in [6, 6.07) is 26.8. The molecule has 1 unspecified atom stereocenters. The fourth-order valence-corrected chi connectivity index (χ4v) is 3.74. The molecule has 0 fully saturated rings. The molecule has 2 heteroatoms. The first kappa shape index (κ1) is 23.9. The summed E-state index contributed by atoms with van der Waals surface area (Å²) in [7, 11) is 0. The first-order valence-corrected chi connectivity index (χ1v) is 11.4. The minimum atomic E-state index is 0.0103. The fraction of sp³-hybridized carbons (Fsp3) is 0.161. The van der Waals surface area contributed by atoms with Gasteiger partial charge in [0.25, 0.3) is 0 Å². The van der Waals surface area contributed by atoms with Gasteiger partial charge in [-0.05, 0) is 47.2 Å². The first-order valence-electron chi connectivity index (χ1n) is 11.4. The van der Waals surface area contributed by atoms with E-state index in [9.17, 15) is 5.11 Å². The summed E-state index contributed by atoms with van der Waals surface area (Å²) in [6.45, 7) is 6.34. The van der Waals surface area contributed by atoms with Gasteiger partial charge in [0, 0.05) is 17.2 Å². The molecule has 33 heavy (non-hydrogen) atoms. The SMILES string of the molecule is CC(C)c1ccccc1.CC=C(N)c1ccccc1/C=C/C1C=C(O)C=Cc2ccccc21. The fourth-order valence-electron chi connectivity index (χ4n) is 3.74. The smallest absolute Gasteiger partial charge is 0.112 e. The van der Waals surface area contributed by atoms with E-state index in [2.05, 4.69) is 62.4 Å². The van der Waals surface area contributed by atoms with Crippen molar-refractivity contribution in [3.05, 3.63) is 137 Å². The van der Waals surface area contributed by atoms with Crippen LogP contribution in [0.4, 0.5) is 0 Å². The molecule has 0 bridgehead atoms. The van der Waals surface area contributed by atoms with Gasteiger partial charge < -0.3 is 10.8 Å². The highest BCUT2D eigenvalue weighted by atomic mass is 16.3. The van der Waals surface area contributed by atoms with Crippen LogP contribution in [0.25, 0.3) is 17.8 Å². The summed E-state index contributed by atoms with van der Waals surface area (Å²) in [5.41, 5.74) is 12.6. The predicted octanol–water partition coefficient (Wildman–Crippen LogP) is 8.08. The number of fused-ring (bicyclic) bond motifs is 1. The van der Waals surface area contributed by atoms with E-state index in [1.54, 1.807) is 6.08 Å². The van der Waals surface area contributed by atoms with Crippen LogP contribution < -0.4 is 5.73 Å². The lowest BCUT2D eigenvalue weighted by molar-refractivity contribution is 0.430. The van der Waals surface area contributed by atoms with Crippen molar-refractivity contribution in [1.29, 1.82) is 0 Å². The van der Waals surface area contributed by atoms with Gasteiger partial charge in [-0.3, -0.25) is 0 Å². The molecule has 0 saturated heterocycles. The van der Waals surface area contributed by atoms with Crippen LogP contribution in [0.5, 0.6) is 0 Å². The molecular weight excluding hydrogens is 402 g/mol. The van der Waals surface area contributed by atoms with Crippen molar-refractivity contribution in [2.75, 3.05) is 0 Å². The highest BCUT2D eigenvalue weighted by molar-refractivity contribution is 5.73. The molecule has 1 aliphatic rings. The lowest BCUT2D eigenvalue weighted by atomic mass is 9.93. The molecule has 0 heterocycles. The number of nitrogens with two attached hydrogens (primary N) is 1. The highest BCUT2D eigenvalue weighted by Gasteiger charge is 2.12. The van der Waals surface area contributed by atoms with E-state index in [4.69, 9.17) is 5.73 Å². The van der Waals surface area contributed by atoms with Crippen LogP contribution in [-0.2, 0) is 0 Å².